The first-order valence-electron chi connectivity index (χ1n) is 8.82. The number of aromatic nitrogens is 5. The molecule has 7 nitrogen and oxygen atoms in total. The van der Waals surface area contributed by atoms with E-state index in [1.54, 1.807) is 24.5 Å². The Morgan fingerprint density at radius 1 is 1.10 bits per heavy atom. The topological polar surface area (TPSA) is 93.5 Å². The van der Waals surface area contributed by atoms with Crippen LogP contribution in [0.25, 0.3) is 16.9 Å². The van der Waals surface area contributed by atoms with Gasteiger partial charge in [-0.1, -0.05) is 23.2 Å². The molecule has 0 fully saturated rings. The maximum absolute atomic E-state index is 12.0. The van der Waals surface area contributed by atoms with Crippen LogP contribution in [0.1, 0.15) is 24.4 Å². The minimum Gasteiger partial charge on any atom is -0.271 e. The number of thiazole rings is 1. The summed E-state index contributed by atoms with van der Waals surface area (Å²) in [5.74, 6) is 0. The summed E-state index contributed by atoms with van der Waals surface area (Å²) in [5, 5.41) is 7.39. The Morgan fingerprint density at radius 3 is 2.40 bits per heavy atom. The molecule has 0 aliphatic carbocycles. The lowest BCUT2D eigenvalue weighted by atomic mass is 9.85. The van der Waals surface area contributed by atoms with Crippen LogP contribution in [-0.4, -0.2) is 24.7 Å². The fourth-order valence-corrected chi connectivity index (χ4v) is 5.05. The number of pyridine rings is 1. The van der Waals surface area contributed by atoms with Crippen LogP contribution in [0.4, 0.5) is 0 Å². The highest BCUT2D eigenvalue weighted by Crippen LogP contribution is 2.43. The van der Waals surface area contributed by atoms with Gasteiger partial charge in [-0.2, -0.15) is 9.78 Å². The van der Waals surface area contributed by atoms with Gasteiger partial charge >= 0.3 is 5.69 Å². The third-order valence-electron chi connectivity index (χ3n) is 4.62. The van der Waals surface area contributed by atoms with E-state index in [-0.39, 0.29) is 0 Å². The first kappa shape index (κ1) is 20.5. The number of H-pyrrole nitrogens is 1. The van der Waals surface area contributed by atoms with Crippen molar-refractivity contribution < 1.29 is 0 Å². The molecule has 0 aliphatic rings. The van der Waals surface area contributed by atoms with Crippen molar-refractivity contribution in [3.05, 3.63) is 89.7 Å². The van der Waals surface area contributed by atoms with E-state index >= 15 is 0 Å². The Kier molecular flexibility index (Phi) is 5.31. The second kappa shape index (κ2) is 7.79. The van der Waals surface area contributed by atoms with E-state index in [1.807, 2.05) is 31.4 Å². The molecule has 0 radical (unpaired) electrons. The van der Waals surface area contributed by atoms with Gasteiger partial charge in [-0.15, -0.1) is 11.3 Å². The van der Waals surface area contributed by atoms with Gasteiger partial charge in [-0.25, -0.2) is 9.78 Å². The van der Waals surface area contributed by atoms with Crippen molar-refractivity contribution >= 4 is 34.5 Å². The molecule has 152 valence electrons. The number of rotatable bonds is 4. The molecule has 0 unspecified atom stereocenters. The third-order valence-corrected chi connectivity index (χ3v) is 6.39. The van der Waals surface area contributed by atoms with Gasteiger partial charge in [-0.05, 0) is 38.1 Å². The molecule has 0 atom stereocenters. The predicted molar refractivity (Wildman–Crippen MR) is 118 cm³/mol. The van der Waals surface area contributed by atoms with Crippen molar-refractivity contribution in [3.63, 3.8) is 0 Å². The number of nitrogens with zero attached hydrogens (tertiary/aromatic N) is 4. The number of nitrogens with one attached hydrogen (secondary N) is 1. The highest BCUT2D eigenvalue weighted by molar-refractivity contribution is 7.10. The monoisotopic (exact) mass is 459 g/mol. The number of benzene rings is 1. The van der Waals surface area contributed by atoms with Crippen molar-refractivity contribution in [1.82, 2.24) is 24.7 Å². The molecule has 0 saturated heterocycles. The van der Waals surface area contributed by atoms with Crippen LogP contribution in [-0.2, 0) is 5.41 Å². The maximum Gasteiger partial charge on any atom is 0.349 e. The van der Waals surface area contributed by atoms with Crippen LogP contribution in [0.2, 0.25) is 10.0 Å². The average Bonchev–Trinajstić information content (AvgIpc) is 3.19. The minimum atomic E-state index is -0.677. The quantitative estimate of drug-likeness (QED) is 0.496. The Hall–Kier alpha value is -2.81. The second-order valence-corrected chi connectivity index (χ2v) is 8.71. The molecule has 1 N–H and O–H groups in total. The van der Waals surface area contributed by atoms with E-state index in [4.69, 9.17) is 28.2 Å². The van der Waals surface area contributed by atoms with Crippen molar-refractivity contribution in [1.29, 1.82) is 0 Å². The zero-order valence-electron chi connectivity index (χ0n) is 15.9. The number of halogens is 2. The van der Waals surface area contributed by atoms with Crippen molar-refractivity contribution in [3.8, 4) is 16.9 Å². The fourth-order valence-electron chi connectivity index (χ4n) is 3.14. The normalized spacial score (nSPS) is 11.6. The molecule has 30 heavy (non-hydrogen) atoms. The summed E-state index contributed by atoms with van der Waals surface area (Å²) in [5.41, 5.74) is 0.998. The van der Waals surface area contributed by atoms with Crippen LogP contribution >= 0.6 is 34.5 Å². The molecule has 3 heterocycles. The summed E-state index contributed by atoms with van der Waals surface area (Å²) in [4.78, 5) is 34.3. The number of hydrogen-bond acceptors (Lipinski definition) is 6. The molecule has 0 bridgehead atoms. The van der Waals surface area contributed by atoms with E-state index < -0.39 is 16.7 Å². The number of aromatic amines is 1. The van der Waals surface area contributed by atoms with Gasteiger partial charge in [0.1, 0.15) is 11.2 Å². The van der Waals surface area contributed by atoms with E-state index in [2.05, 4.69) is 15.1 Å². The second-order valence-electron chi connectivity index (χ2n) is 7.03. The summed E-state index contributed by atoms with van der Waals surface area (Å²) >= 11 is 14.7. The molecule has 3 aromatic heterocycles. The van der Waals surface area contributed by atoms with Gasteiger partial charge in [0.15, 0.2) is 0 Å². The molecule has 4 aromatic rings. The van der Waals surface area contributed by atoms with E-state index in [0.717, 1.165) is 27.1 Å². The van der Waals surface area contributed by atoms with Crippen molar-refractivity contribution in [2.24, 2.45) is 0 Å². The molecule has 4 rings (SSSR count). The Balaban J connectivity index is 1.77. The fraction of sp³-hybridized carbons (Fsp3) is 0.150. The van der Waals surface area contributed by atoms with Crippen LogP contribution in [0.3, 0.4) is 0 Å². The Morgan fingerprint density at radius 2 is 1.77 bits per heavy atom. The average molecular weight is 460 g/mol. The summed E-state index contributed by atoms with van der Waals surface area (Å²) < 4.78 is 1.03. The predicted octanol–water partition coefficient (Wildman–Crippen LogP) is 4.07. The van der Waals surface area contributed by atoms with Gasteiger partial charge < -0.3 is 0 Å². The van der Waals surface area contributed by atoms with Crippen molar-refractivity contribution in [2.45, 2.75) is 19.3 Å². The molecule has 1 aromatic carbocycles. The molecule has 0 saturated carbocycles. The van der Waals surface area contributed by atoms with Gasteiger partial charge in [0.25, 0.3) is 5.56 Å². The highest BCUT2D eigenvalue weighted by atomic mass is 35.5. The molecule has 0 aliphatic heterocycles. The lowest BCUT2D eigenvalue weighted by molar-refractivity contribution is 0.635. The molecule has 0 spiro atoms. The SMILES string of the molecule is CC(C)(c1nc(-c2ccncc2)cs1)c1c(Cl)cc(-n2ncc(=O)[nH]c2=O)cc1Cl. The van der Waals surface area contributed by atoms with Gasteiger partial charge in [0, 0.05) is 44.4 Å². The van der Waals surface area contributed by atoms with E-state index in [0.29, 0.717) is 21.3 Å². The summed E-state index contributed by atoms with van der Waals surface area (Å²) in [6.07, 6.45) is 4.45. The molecular formula is C20H15Cl2N5O2S. The third kappa shape index (κ3) is 3.69. The van der Waals surface area contributed by atoms with Crippen LogP contribution in [0, 0.1) is 0 Å². The smallest absolute Gasteiger partial charge is 0.271 e. The lowest BCUT2D eigenvalue weighted by Crippen LogP contribution is -2.30. The van der Waals surface area contributed by atoms with Gasteiger partial charge in [-0.3, -0.25) is 14.8 Å². The van der Waals surface area contributed by atoms with Crippen LogP contribution in [0.15, 0.2) is 57.8 Å². The molecular weight excluding hydrogens is 445 g/mol. The summed E-state index contributed by atoms with van der Waals surface area (Å²) in [6, 6.07) is 6.98. The Labute approximate surface area is 185 Å². The molecule has 0 amide bonds. The first-order chi connectivity index (χ1) is 14.3. The standard InChI is InChI=1S/C20H15Cl2N5O2S/c1-20(2,18-25-15(10-30-18)11-3-5-23-6-4-11)17-13(21)7-12(8-14(17)22)27-19(29)26-16(28)9-24-27/h3-10H,1-2H3,(H,26,28,29). The van der Waals surface area contributed by atoms with Crippen molar-refractivity contribution in [2.75, 3.05) is 0 Å². The van der Waals surface area contributed by atoms with Crippen LogP contribution in [0.5, 0.6) is 0 Å². The lowest BCUT2D eigenvalue weighted by Gasteiger charge is -2.25. The maximum atomic E-state index is 12.0. The number of hydrogen-bond donors (Lipinski definition) is 1. The summed E-state index contributed by atoms with van der Waals surface area (Å²) in [6.45, 7) is 3.97. The molecule has 10 heteroatoms. The van der Waals surface area contributed by atoms with Crippen LogP contribution < -0.4 is 11.2 Å². The highest BCUT2D eigenvalue weighted by Gasteiger charge is 2.32. The first-order valence-corrected chi connectivity index (χ1v) is 10.5. The van der Waals surface area contributed by atoms with E-state index in [9.17, 15) is 9.59 Å². The largest absolute Gasteiger partial charge is 0.349 e. The van der Waals surface area contributed by atoms with Gasteiger partial charge in [0.2, 0.25) is 0 Å². The zero-order chi connectivity index (χ0) is 21.5. The van der Waals surface area contributed by atoms with Gasteiger partial charge in [0.05, 0.1) is 11.4 Å². The zero-order valence-corrected chi connectivity index (χ0v) is 18.2. The summed E-state index contributed by atoms with van der Waals surface area (Å²) in [7, 11) is 0. The minimum absolute atomic E-state index is 0.349. The Bertz CT molecular complexity index is 1320. The van der Waals surface area contributed by atoms with E-state index in [1.165, 1.54) is 11.3 Å².